The van der Waals surface area contributed by atoms with E-state index in [9.17, 15) is 9.59 Å². The Morgan fingerprint density at radius 2 is 1.93 bits per heavy atom. The van der Waals surface area contributed by atoms with Gasteiger partial charge in [-0.15, -0.1) is 0 Å². The smallest absolute Gasteiger partial charge is 0.337 e. The summed E-state index contributed by atoms with van der Waals surface area (Å²) in [6.07, 6.45) is 0.949. The molecule has 0 spiro atoms. The minimum atomic E-state index is -1.08. The molecule has 4 nitrogen and oxygen atoms in total. The van der Waals surface area contributed by atoms with Crippen LogP contribution in [0.25, 0.3) is 0 Å². The molecule has 0 amide bonds. The van der Waals surface area contributed by atoms with Gasteiger partial charge >= 0.3 is 11.9 Å². The molecule has 0 radical (unpaired) electrons. The van der Waals surface area contributed by atoms with E-state index in [1.54, 1.807) is 13.8 Å². The highest BCUT2D eigenvalue weighted by Crippen LogP contribution is 2.04. The van der Waals surface area contributed by atoms with E-state index in [1.807, 2.05) is 0 Å². The van der Waals surface area contributed by atoms with Crippen LogP contribution in [0.4, 0.5) is 0 Å². The monoisotopic (exact) mass is 198 g/mol. The summed E-state index contributed by atoms with van der Waals surface area (Å²) in [6.45, 7) is 8.22. The van der Waals surface area contributed by atoms with Gasteiger partial charge in [-0.1, -0.05) is 6.58 Å². The summed E-state index contributed by atoms with van der Waals surface area (Å²) in [5.41, 5.74) is 0.0920. The molecule has 0 rings (SSSR count). The first kappa shape index (κ1) is 12.4. The van der Waals surface area contributed by atoms with E-state index in [-0.39, 0.29) is 17.3 Å². The average molecular weight is 198 g/mol. The normalized spacial score (nSPS) is 11.3. The number of carbonyl (C=O) groups excluding carboxylic acids is 1. The van der Waals surface area contributed by atoms with Gasteiger partial charge in [-0.2, -0.15) is 0 Å². The largest absolute Gasteiger partial charge is 0.478 e. The molecule has 0 saturated carbocycles. The molecule has 4 heteroatoms. The first-order valence-corrected chi connectivity index (χ1v) is 4.16. The molecule has 0 bridgehead atoms. The Morgan fingerprint density at radius 3 is 2.29 bits per heavy atom. The number of aliphatic carboxylic acids is 1. The lowest BCUT2D eigenvalue weighted by Gasteiger charge is -2.07. The zero-order chi connectivity index (χ0) is 11.3. The molecule has 0 heterocycles. The standard InChI is InChI=1S/C10H14O4/c1-6(2)14-10(13)8(4)5-7(3)9(11)12/h5-6H,4H2,1-3H3,(H,11,12). The number of esters is 1. The van der Waals surface area contributed by atoms with Crippen LogP contribution in [0, 0.1) is 0 Å². The lowest BCUT2D eigenvalue weighted by Crippen LogP contribution is -2.12. The maximum absolute atomic E-state index is 11.2. The van der Waals surface area contributed by atoms with E-state index in [0.29, 0.717) is 0 Å². The van der Waals surface area contributed by atoms with Gasteiger partial charge in [0.15, 0.2) is 0 Å². The Kier molecular flexibility index (Phi) is 4.63. The van der Waals surface area contributed by atoms with Crippen molar-refractivity contribution < 1.29 is 19.4 Å². The van der Waals surface area contributed by atoms with Gasteiger partial charge in [-0.05, 0) is 26.8 Å². The molecular formula is C10H14O4. The lowest BCUT2D eigenvalue weighted by molar-refractivity contribution is -0.142. The van der Waals surface area contributed by atoms with E-state index < -0.39 is 11.9 Å². The van der Waals surface area contributed by atoms with Crippen LogP contribution in [-0.4, -0.2) is 23.1 Å². The Bertz CT molecular complexity index is 286. The van der Waals surface area contributed by atoms with Crippen molar-refractivity contribution in [1.82, 2.24) is 0 Å². The highest BCUT2D eigenvalue weighted by molar-refractivity contribution is 5.95. The predicted molar refractivity (Wildman–Crippen MR) is 51.8 cm³/mol. The zero-order valence-corrected chi connectivity index (χ0v) is 8.53. The molecule has 0 aromatic carbocycles. The fourth-order valence-electron chi connectivity index (χ4n) is 0.672. The second-order valence-electron chi connectivity index (χ2n) is 3.11. The molecule has 0 fully saturated rings. The lowest BCUT2D eigenvalue weighted by atomic mass is 10.2. The van der Waals surface area contributed by atoms with E-state index in [1.165, 1.54) is 13.0 Å². The van der Waals surface area contributed by atoms with Gasteiger partial charge in [0.05, 0.1) is 11.7 Å². The highest BCUT2D eigenvalue weighted by Gasteiger charge is 2.10. The maximum atomic E-state index is 11.2. The zero-order valence-electron chi connectivity index (χ0n) is 8.53. The molecule has 14 heavy (non-hydrogen) atoms. The molecule has 0 aliphatic rings. The van der Waals surface area contributed by atoms with Crippen molar-refractivity contribution in [2.75, 3.05) is 0 Å². The first-order chi connectivity index (χ1) is 6.34. The second-order valence-corrected chi connectivity index (χ2v) is 3.11. The Morgan fingerprint density at radius 1 is 1.43 bits per heavy atom. The fraction of sp³-hybridized carbons (Fsp3) is 0.400. The first-order valence-electron chi connectivity index (χ1n) is 4.16. The number of ether oxygens (including phenoxy) is 1. The van der Waals surface area contributed by atoms with Crippen LogP contribution in [0.1, 0.15) is 20.8 Å². The fourth-order valence-corrected chi connectivity index (χ4v) is 0.672. The van der Waals surface area contributed by atoms with Crippen LogP contribution < -0.4 is 0 Å². The van der Waals surface area contributed by atoms with Gasteiger partial charge < -0.3 is 9.84 Å². The van der Waals surface area contributed by atoms with Crippen LogP contribution in [0.5, 0.6) is 0 Å². The molecule has 0 saturated heterocycles. The molecule has 1 N–H and O–H groups in total. The van der Waals surface area contributed by atoms with Crippen molar-refractivity contribution in [3.05, 3.63) is 23.8 Å². The third-order valence-electron chi connectivity index (χ3n) is 1.33. The third-order valence-corrected chi connectivity index (χ3v) is 1.33. The summed E-state index contributed by atoms with van der Waals surface area (Å²) in [6, 6.07) is 0. The number of hydrogen-bond acceptors (Lipinski definition) is 3. The quantitative estimate of drug-likeness (QED) is 0.422. The SMILES string of the molecule is C=C(C=C(C)C(=O)O)C(=O)OC(C)C. The summed E-state index contributed by atoms with van der Waals surface area (Å²) >= 11 is 0. The number of carboxylic acids is 1. The number of rotatable bonds is 4. The van der Waals surface area contributed by atoms with Gasteiger partial charge in [-0.25, -0.2) is 9.59 Å². The summed E-state index contributed by atoms with van der Waals surface area (Å²) in [5, 5.41) is 8.53. The van der Waals surface area contributed by atoms with Gasteiger partial charge in [0.2, 0.25) is 0 Å². The number of carbonyl (C=O) groups is 2. The van der Waals surface area contributed by atoms with Crippen LogP contribution >= 0.6 is 0 Å². The summed E-state index contributed by atoms with van der Waals surface area (Å²) in [4.78, 5) is 21.6. The van der Waals surface area contributed by atoms with Crippen LogP contribution in [-0.2, 0) is 14.3 Å². The Balaban J connectivity index is 4.42. The van der Waals surface area contributed by atoms with Crippen molar-refractivity contribution >= 4 is 11.9 Å². The topological polar surface area (TPSA) is 63.6 Å². The average Bonchev–Trinajstić information content (AvgIpc) is 2.02. The highest BCUT2D eigenvalue weighted by atomic mass is 16.5. The second kappa shape index (κ2) is 5.21. The Labute approximate surface area is 82.9 Å². The number of carboxylic acid groups (broad SMARTS) is 1. The van der Waals surface area contributed by atoms with Gasteiger partial charge in [0, 0.05) is 5.57 Å². The predicted octanol–water partition coefficient (Wildman–Crippen LogP) is 1.53. The van der Waals surface area contributed by atoms with Crippen molar-refractivity contribution in [2.24, 2.45) is 0 Å². The molecule has 78 valence electrons. The van der Waals surface area contributed by atoms with E-state index >= 15 is 0 Å². The van der Waals surface area contributed by atoms with Gasteiger partial charge in [0.1, 0.15) is 0 Å². The molecule has 0 aliphatic heterocycles. The minimum absolute atomic E-state index is 0.0404. The van der Waals surface area contributed by atoms with E-state index in [4.69, 9.17) is 9.84 Å². The van der Waals surface area contributed by atoms with Crippen LogP contribution in [0.3, 0.4) is 0 Å². The van der Waals surface area contributed by atoms with Crippen molar-refractivity contribution in [2.45, 2.75) is 26.9 Å². The molecule has 0 atom stereocenters. The van der Waals surface area contributed by atoms with Gasteiger partial charge in [-0.3, -0.25) is 0 Å². The number of hydrogen-bond donors (Lipinski definition) is 1. The van der Waals surface area contributed by atoms with Crippen molar-refractivity contribution in [3.8, 4) is 0 Å². The van der Waals surface area contributed by atoms with Crippen LogP contribution in [0.2, 0.25) is 0 Å². The maximum Gasteiger partial charge on any atom is 0.337 e. The summed E-state index contributed by atoms with van der Waals surface area (Å²) in [5.74, 6) is -1.68. The van der Waals surface area contributed by atoms with Crippen molar-refractivity contribution in [1.29, 1.82) is 0 Å². The van der Waals surface area contributed by atoms with Gasteiger partial charge in [0.25, 0.3) is 0 Å². The van der Waals surface area contributed by atoms with E-state index in [0.717, 1.165) is 0 Å². The van der Waals surface area contributed by atoms with E-state index in [2.05, 4.69) is 6.58 Å². The molecule has 0 aliphatic carbocycles. The molecular weight excluding hydrogens is 184 g/mol. The minimum Gasteiger partial charge on any atom is -0.478 e. The third kappa shape index (κ3) is 4.45. The van der Waals surface area contributed by atoms with Crippen molar-refractivity contribution in [3.63, 3.8) is 0 Å². The Hall–Kier alpha value is -1.58. The molecule has 0 aromatic rings. The molecule has 0 aromatic heterocycles. The summed E-state index contributed by atoms with van der Waals surface area (Å²) in [7, 11) is 0. The van der Waals surface area contributed by atoms with Crippen LogP contribution in [0.15, 0.2) is 23.8 Å². The molecule has 0 unspecified atom stereocenters. The summed E-state index contributed by atoms with van der Waals surface area (Å²) < 4.78 is 4.82.